The zero-order chi connectivity index (χ0) is 14.7. The first-order chi connectivity index (χ1) is 10.3. The van der Waals surface area contributed by atoms with Crippen LogP contribution in [0, 0.1) is 17.2 Å². The lowest BCUT2D eigenvalue weighted by Crippen LogP contribution is -2.37. The van der Waals surface area contributed by atoms with Gasteiger partial charge in [-0.05, 0) is 62.5 Å². The molecule has 1 fully saturated rings. The minimum atomic E-state index is 0.251. The quantitative estimate of drug-likeness (QED) is 0.926. The Morgan fingerprint density at radius 2 is 2.19 bits per heavy atom. The Morgan fingerprint density at radius 1 is 1.33 bits per heavy atom. The van der Waals surface area contributed by atoms with Gasteiger partial charge in [0.1, 0.15) is 11.9 Å². The van der Waals surface area contributed by atoms with E-state index in [2.05, 4.69) is 17.0 Å². The molecule has 1 unspecified atom stereocenters. The van der Waals surface area contributed by atoms with Gasteiger partial charge in [-0.15, -0.1) is 0 Å². The third-order valence-corrected chi connectivity index (χ3v) is 4.76. The number of fused-ring (bicyclic) bond motifs is 1. The minimum absolute atomic E-state index is 0.251. The summed E-state index contributed by atoms with van der Waals surface area (Å²) in [4.78, 5) is 7.10. The summed E-state index contributed by atoms with van der Waals surface area (Å²) in [6, 6.07) is 4.40. The Labute approximate surface area is 126 Å². The van der Waals surface area contributed by atoms with Gasteiger partial charge < -0.3 is 10.0 Å². The SMILES string of the molecule is N#Cc1cc2c(nc1N1CCCC(CCO)C1)CCCC2. The first-order valence-electron chi connectivity index (χ1n) is 8.10. The average molecular weight is 285 g/mol. The van der Waals surface area contributed by atoms with Crippen molar-refractivity contribution in [1.29, 1.82) is 5.26 Å². The molecular formula is C17H23N3O. The number of nitrogens with zero attached hydrogens (tertiary/aromatic N) is 3. The predicted octanol–water partition coefficient (Wildman–Crippen LogP) is 2.43. The number of piperidine rings is 1. The van der Waals surface area contributed by atoms with Crippen molar-refractivity contribution in [3.05, 3.63) is 22.9 Å². The number of aromatic nitrogens is 1. The van der Waals surface area contributed by atoms with Gasteiger partial charge >= 0.3 is 0 Å². The monoisotopic (exact) mass is 285 g/mol. The third-order valence-electron chi connectivity index (χ3n) is 4.76. The van der Waals surface area contributed by atoms with Crippen LogP contribution in [-0.4, -0.2) is 29.8 Å². The van der Waals surface area contributed by atoms with E-state index >= 15 is 0 Å². The molecule has 4 nitrogen and oxygen atoms in total. The third kappa shape index (κ3) is 3.03. The second-order valence-corrected chi connectivity index (χ2v) is 6.25. The van der Waals surface area contributed by atoms with E-state index < -0.39 is 0 Å². The van der Waals surface area contributed by atoms with Gasteiger partial charge in [-0.2, -0.15) is 5.26 Å². The zero-order valence-corrected chi connectivity index (χ0v) is 12.5. The van der Waals surface area contributed by atoms with E-state index in [-0.39, 0.29) is 6.61 Å². The summed E-state index contributed by atoms with van der Waals surface area (Å²) in [6.07, 6.45) is 7.66. The van der Waals surface area contributed by atoms with Crippen LogP contribution in [0.3, 0.4) is 0 Å². The minimum Gasteiger partial charge on any atom is -0.396 e. The molecule has 0 spiro atoms. The Hall–Kier alpha value is -1.60. The molecule has 4 heteroatoms. The number of nitriles is 1. The van der Waals surface area contributed by atoms with E-state index in [0.29, 0.717) is 5.92 Å². The van der Waals surface area contributed by atoms with E-state index in [1.54, 1.807) is 0 Å². The van der Waals surface area contributed by atoms with E-state index in [1.807, 2.05) is 0 Å². The maximum absolute atomic E-state index is 9.46. The van der Waals surface area contributed by atoms with Crippen LogP contribution in [0.1, 0.15) is 48.9 Å². The van der Waals surface area contributed by atoms with Crippen molar-refractivity contribution < 1.29 is 5.11 Å². The van der Waals surface area contributed by atoms with Gasteiger partial charge in [0, 0.05) is 25.4 Å². The van der Waals surface area contributed by atoms with Gasteiger partial charge in [0.25, 0.3) is 0 Å². The van der Waals surface area contributed by atoms with Crippen molar-refractivity contribution in [1.82, 2.24) is 4.98 Å². The Balaban J connectivity index is 1.88. The lowest BCUT2D eigenvalue weighted by molar-refractivity contribution is 0.244. The number of hydrogen-bond donors (Lipinski definition) is 1. The molecule has 1 N–H and O–H groups in total. The van der Waals surface area contributed by atoms with E-state index in [0.717, 1.165) is 50.2 Å². The molecule has 1 aliphatic heterocycles. The molecule has 1 aromatic heterocycles. The van der Waals surface area contributed by atoms with Gasteiger partial charge in [-0.3, -0.25) is 0 Å². The summed E-state index contributed by atoms with van der Waals surface area (Å²) in [5, 5.41) is 18.6. The molecule has 2 heterocycles. The molecule has 0 bridgehead atoms. The molecule has 1 aromatic rings. The molecule has 21 heavy (non-hydrogen) atoms. The average Bonchev–Trinajstić information content (AvgIpc) is 2.54. The van der Waals surface area contributed by atoms with Crippen LogP contribution in [0.2, 0.25) is 0 Å². The van der Waals surface area contributed by atoms with Crippen LogP contribution >= 0.6 is 0 Å². The fourth-order valence-electron chi connectivity index (χ4n) is 3.62. The molecule has 0 saturated carbocycles. The molecule has 0 amide bonds. The number of anilines is 1. The van der Waals surface area contributed by atoms with Crippen molar-refractivity contribution >= 4 is 5.82 Å². The van der Waals surface area contributed by atoms with Crippen molar-refractivity contribution in [2.24, 2.45) is 5.92 Å². The Morgan fingerprint density at radius 3 is 3.00 bits per heavy atom. The maximum atomic E-state index is 9.46. The fraction of sp³-hybridized carbons (Fsp3) is 0.647. The highest BCUT2D eigenvalue weighted by atomic mass is 16.3. The number of aryl methyl sites for hydroxylation is 2. The van der Waals surface area contributed by atoms with Crippen molar-refractivity contribution in [2.75, 3.05) is 24.6 Å². The van der Waals surface area contributed by atoms with Gasteiger partial charge in [0.2, 0.25) is 0 Å². The number of rotatable bonds is 3. The molecule has 1 aliphatic carbocycles. The van der Waals surface area contributed by atoms with Crippen LogP contribution in [0.25, 0.3) is 0 Å². The van der Waals surface area contributed by atoms with E-state index in [9.17, 15) is 5.26 Å². The molecule has 1 atom stereocenters. The number of aliphatic hydroxyl groups is 1. The van der Waals surface area contributed by atoms with Crippen LogP contribution in [0.5, 0.6) is 0 Å². The zero-order valence-electron chi connectivity index (χ0n) is 12.5. The first kappa shape index (κ1) is 14.3. The molecular weight excluding hydrogens is 262 g/mol. The lowest BCUT2D eigenvalue weighted by atomic mass is 9.93. The highest BCUT2D eigenvalue weighted by Gasteiger charge is 2.24. The summed E-state index contributed by atoms with van der Waals surface area (Å²) >= 11 is 0. The van der Waals surface area contributed by atoms with E-state index in [4.69, 9.17) is 10.1 Å². The topological polar surface area (TPSA) is 60.2 Å². The standard InChI is InChI=1S/C17H23N3O/c18-11-15-10-14-5-1-2-6-16(14)19-17(15)20-8-3-4-13(12-20)7-9-21/h10,13,21H,1-9,12H2. The van der Waals surface area contributed by atoms with Crippen molar-refractivity contribution in [3.63, 3.8) is 0 Å². The van der Waals surface area contributed by atoms with Crippen LogP contribution < -0.4 is 4.90 Å². The van der Waals surface area contributed by atoms with Crippen molar-refractivity contribution in [2.45, 2.75) is 44.9 Å². The molecule has 0 radical (unpaired) electrons. The summed E-state index contributed by atoms with van der Waals surface area (Å²) in [5.74, 6) is 1.40. The Kier molecular flexibility index (Phi) is 4.40. The molecule has 2 aliphatic rings. The molecule has 112 valence electrons. The van der Waals surface area contributed by atoms with Gasteiger partial charge in [0.15, 0.2) is 0 Å². The second kappa shape index (κ2) is 6.44. The second-order valence-electron chi connectivity index (χ2n) is 6.25. The predicted molar refractivity (Wildman–Crippen MR) is 82.2 cm³/mol. The Bertz CT molecular complexity index is 548. The maximum Gasteiger partial charge on any atom is 0.146 e. The largest absolute Gasteiger partial charge is 0.396 e. The summed E-state index contributed by atoms with van der Waals surface area (Å²) in [5.41, 5.74) is 3.19. The fourth-order valence-corrected chi connectivity index (χ4v) is 3.62. The molecule has 1 saturated heterocycles. The normalized spacial score (nSPS) is 21.7. The van der Waals surface area contributed by atoms with Crippen LogP contribution in [0.4, 0.5) is 5.82 Å². The number of hydrogen-bond acceptors (Lipinski definition) is 4. The highest BCUT2D eigenvalue weighted by Crippen LogP contribution is 2.29. The van der Waals surface area contributed by atoms with Crippen molar-refractivity contribution in [3.8, 4) is 6.07 Å². The summed E-state index contributed by atoms with van der Waals surface area (Å²) in [6.45, 7) is 2.14. The lowest BCUT2D eigenvalue weighted by Gasteiger charge is -2.34. The van der Waals surface area contributed by atoms with E-state index in [1.165, 1.54) is 30.5 Å². The van der Waals surface area contributed by atoms with Crippen LogP contribution in [-0.2, 0) is 12.8 Å². The molecule has 3 rings (SSSR count). The smallest absolute Gasteiger partial charge is 0.146 e. The highest BCUT2D eigenvalue weighted by molar-refractivity contribution is 5.56. The number of aliphatic hydroxyl groups excluding tert-OH is 1. The summed E-state index contributed by atoms with van der Waals surface area (Å²) in [7, 11) is 0. The van der Waals surface area contributed by atoms with Gasteiger partial charge in [-0.1, -0.05) is 0 Å². The van der Waals surface area contributed by atoms with Gasteiger partial charge in [-0.25, -0.2) is 4.98 Å². The molecule has 0 aromatic carbocycles. The number of pyridine rings is 1. The summed E-state index contributed by atoms with van der Waals surface area (Å²) < 4.78 is 0. The first-order valence-corrected chi connectivity index (χ1v) is 8.10. The van der Waals surface area contributed by atoms with Crippen LogP contribution in [0.15, 0.2) is 6.07 Å². The van der Waals surface area contributed by atoms with Gasteiger partial charge in [0.05, 0.1) is 5.56 Å².